The van der Waals surface area contributed by atoms with Gasteiger partial charge >= 0.3 is 0 Å². The highest BCUT2D eigenvalue weighted by Gasteiger charge is 2.52. The van der Waals surface area contributed by atoms with Gasteiger partial charge in [-0.2, -0.15) is 0 Å². The molecular weight excluding hydrogens is 420 g/mol. The van der Waals surface area contributed by atoms with Crippen LogP contribution < -0.4 is 0 Å². The quantitative estimate of drug-likeness (QED) is 0.218. The van der Waals surface area contributed by atoms with E-state index in [0.717, 1.165) is 0 Å². The summed E-state index contributed by atoms with van der Waals surface area (Å²) >= 11 is 0. The third kappa shape index (κ3) is 2.19. The fourth-order valence-electron chi connectivity index (χ4n) is 7.36. The van der Waals surface area contributed by atoms with Gasteiger partial charge < -0.3 is 0 Å². The van der Waals surface area contributed by atoms with Gasteiger partial charge in [0.2, 0.25) is 0 Å². The van der Waals surface area contributed by atoms with Gasteiger partial charge in [-0.25, -0.2) is 0 Å². The Morgan fingerprint density at radius 3 is 1.71 bits per heavy atom. The lowest BCUT2D eigenvalue weighted by Crippen LogP contribution is -2.26. The predicted octanol–water partition coefficient (Wildman–Crippen LogP) is 8.78. The highest BCUT2D eigenvalue weighted by molar-refractivity contribution is 5.97. The molecule has 0 radical (unpaired) electrons. The number of benzene rings is 5. The summed E-state index contributed by atoms with van der Waals surface area (Å²) in [6.07, 6.45) is 0. The maximum atomic E-state index is 2.55. The van der Waals surface area contributed by atoms with Gasteiger partial charge in [0.15, 0.2) is 0 Å². The molecule has 8 rings (SSSR count). The largest absolute Gasteiger partial charge is 0.0725 e. The Balaban J connectivity index is 1.55. The predicted molar refractivity (Wildman–Crippen MR) is 145 cm³/mol. The maximum absolute atomic E-state index is 2.55. The van der Waals surface area contributed by atoms with Gasteiger partial charge in [0.1, 0.15) is 0 Å². The molecule has 35 heavy (non-hydrogen) atoms. The van der Waals surface area contributed by atoms with Gasteiger partial charge in [-0.3, -0.25) is 0 Å². The topological polar surface area (TPSA) is 0 Å². The van der Waals surface area contributed by atoms with Gasteiger partial charge in [-0.05, 0) is 92.7 Å². The molecule has 0 fully saturated rings. The van der Waals surface area contributed by atoms with Crippen molar-refractivity contribution in [1.29, 1.82) is 0 Å². The van der Waals surface area contributed by atoms with Crippen LogP contribution in [0.1, 0.15) is 57.3 Å². The zero-order valence-corrected chi connectivity index (χ0v) is 20.3. The Bertz CT molecular complexity index is 1690. The molecule has 0 amide bonds. The summed E-state index contributed by atoms with van der Waals surface area (Å²) in [5, 5.41) is 0. The van der Waals surface area contributed by atoms with Crippen molar-refractivity contribution >= 4 is 0 Å². The number of hydrogen-bond acceptors (Lipinski definition) is 0. The summed E-state index contributed by atoms with van der Waals surface area (Å²) in [6.45, 7) is 6.80. The van der Waals surface area contributed by atoms with Gasteiger partial charge in [-0.15, -0.1) is 0 Å². The molecule has 0 heterocycles. The van der Waals surface area contributed by atoms with Crippen LogP contribution in [0.15, 0.2) is 97.1 Å². The monoisotopic (exact) mass is 446 g/mol. The van der Waals surface area contributed by atoms with Crippen molar-refractivity contribution in [2.75, 3.05) is 0 Å². The standard InChI is InChI=1S/C35H26/c1-20-12-14-23-27(16-20)22(3)28-18-30-26-15-13-21(2)17-33(26)35(34(30)19-29(23)28)31-10-6-4-8-24(31)25-9-5-7-11-32(25)35/h4-19,22H,1-3H3. The number of fused-ring (bicyclic) bond motifs is 13. The lowest BCUT2D eigenvalue weighted by Gasteiger charge is -2.31. The highest BCUT2D eigenvalue weighted by atomic mass is 14.5. The highest BCUT2D eigenvalue weighted by Crippen LogP contribution is 2.64. The third-order valence-electron chi connectivity index (χ3n) is 8.85. The first-order valence-corrected chi connectivity index (χ1v) is 12.7. The third-order valence-corrected chi connectivity index (χ3v) is 8.85. The van der Waals surface area contributed by atoms with E-state index in [9.17, 15) is 0 Å². The smallest absolute Gasteiger partial charge is 0.0619 e. The maximum Gasteiger partial charge on any atom is 0.0725 e. The lowest BCUT2D eigenvalue weighted by molar-refractivity contribution is 0.792. The number of rotatable bonds is 0. The van der Waals surface area contributed by atoms with Crippen molar-refractivity contribution in [3.05, 3.63) is 142 Å². The molecule has 0 N–H and O–H groups in total. The van der Waals surface area contributed by atoms with E-state index >= 15 is 0 Å². The molecule has 0 heteroatoms. The summed E-state index contributed by atoms with van der Waals surface area (Å²) < 4.78 is 0. The molecule has 166 valence electrons. The van der Waals surface area contributed by atoms with Crippen LogP contribution in [-0.2, 0) is 5.41 Å². The van der Waals surface area contributed by atoms with E-state index in [-0.39, 0.29) is 5.41 Å². The Morgan fingerprint density at radius 2 is 1.00 bits per heavy atom. The number of hydrogen-bond donors (Lipinski definition) is 0. The van der Waals surface area contributed by atoms with E-state index in [4.69, 9.17) is 0 Å². The molecule has 0 aromatic heterocycles. The molecule has 5 aromatic rings. The second-order valence-corrected chi connectivity index (χ2v) is 10.7. The van der Waals surface area contributed by atoms with Crippen molar-refractivity contribution in [3.8, 4) is 33.4 Å². The van der Waals surface area contributed by atoms with Gasteiger partial charge in [-0.1, -0.05) is 103 Å². The van der Waals surface area contributed by atoms with Crippen molar-refractivity contribution in [2.24, 2.45) is 0 Å². The first-order valence-electron chi connectivity index (χ1n) is 12.7. The van der Waals surface area contributed by atoms with Crippen LogP contribution in [-0.4, -0.2) is 0 Å². The normalized spacial score (nSPS) is 16.9. The van der Waals surface area contributed by atoms with Crippen molar-refractivity contribution in [3.63, 3.8) is 0 Å². The Morgan fingerprint density at radius 1 is 0.457 bits per heavy atom. The van der Waals surface area contributed by atoms with Crippen LogP contribution in [0, 0.1) is 13.8 Å². The summed E-state index contributed by atoms with van der Waals surface area (Å²) in [7, 11) is 0. The summed E-state index contributed by atoms with van der Waals surface area (Å²) in [6, 6.07) is 37.3. The molecule has 0 saturated heterocycles. The second kappa shape index (κ2) is 6.40. The Labute approximate surface area is 206 Å². The molecular formula is C35H26. The Kier molecular flexibility index (Phi) is 3.55. The van der Waals surface area contributed by atoms with Crippen LogP contribution in [0.4, 0.5) is 0 Å². The van der Waals surface area contributed by atoms with E-state index in [1.54, 1.807) is 0 Å². The first kappa shape index (κ1) is 19.4. The van der Waals surface area contributed by atoms with Crippen molar-refractivity contribution in [2.45, 2.75) is 32.1 Å². The molecule has 0 bridgehead atoms. The zero-order chi connectivity index (χ0) is 23.5. The van der Waals surface area contributed by atoms with Gasteiger partial charge in [0.05, 0.1) is 5.41 Å². The first-order chi connectivity index (χ1) is 17.1. The van der Waals surface area contributed by atoms with Gasteiger partial charge in [0.25, 0.3) is 0 Å². The summed E-state index contributed by atoms with van der Waals surface area (Å²) in [4.78, 5) is 0. The minimum Gasteiger partial charge on any atom is -0.0619 e. The molecule has 1 spiro atoms. The lowest BCUT2D eigenvalue weighted by atomic mass is 9.70. The van der Waals surface area contributed by atoms with Crippen LogP contribution >= 0.6 is 0 Å². The zero-order valence-electron chi connectivity index (χ0n) is 20.3. The average molecular weight is 447 g/mol. The average Bonchev–Trinajstić information content (AvgIpc) is 3.44. The molecule has 1 unspecified atom stereocenters. The van der Waals surface area contributed by atoms with Crippen LogP contribution in [0.25, 0.3) is 33.4 Å². The van der Waals surface area contributed by atoms with Crippen LogP contribution in [0.3, 0.4) is 0 Å². The molecule has 3 aliphatic rings. The number of aryl methyl sites for hydroxylation is 2. The molecule has 0 saturated carbocycles. The van der Waals surface area contributed by atoms with Crippen LogP contribution in [0.2, 0.25) is 0 Å². The minimum atomic E-state index is -0.268. The van der Waals surface area contributed by atoms with E-state index in [2.05, 4.69) is 118 Å². The Hall–Kier alpha value is -3.90. The van der Waals surface area contributed by atoms with Crippen molar-refractivity contribution in [1.82, 2.24) is 0 Å². The molecule has 5 aromatic carbocycles. The SMILES string of the molecule is Cc1ccc2c(c1)C(C)c1cc3c(cc1-2)C1(c2ccccc2-c2ccccc21)c1cc(C)ccc1-3. The second-order valence-electron chi connectivity index (χ2n) is 10.7. The van der Waals surface area contributed by atoms with E-state index in [0.29, 0.717) is 5.92 Å². The summed E-state index contributed by atoms with van der Waals surface area (Å²) in [5.41, 5.74) is 19.4. The molecule has 0 nitrogen and oxygen atoms in total. The molecule has 1 atom stereocenters. The molecule has 0 aliphatic heterocycles. The van der Waals surface area contributed by atoms with Gasteiger partial charge in [0, 0.05) is 5.92 Å². The summed E-state index contributed by atoms with van der Waals surface area (Å²) in [5.74, 6) is 0.416. The van der Waals surface area contributed by atoms with E-state index in [1.807, 2.05) is 0 Å². The fraction of sp³-hybridized carbons (Fsp3) is 0.143. The molecule has 3 aliphatic carbocycles. The fourth-order valence-corrected chi connectivity index (χ4v) is 7.36. The van der Waals surface area contributed by atoms with Crippen molar-refractivity contribution < 1.29 is 0 Å². The van der Waals surface area contributed by atoms with E-state index in [1.165, 1.54) is 77.9 Å². The van der Waals surface area contributed by atoms with Crippen LogP contribution in [0.5, 0.6) is 0 Å². The minimum absolute atomic E-state index is 0.268. The van der Waals surface area contributed by atoms with E-state index < -0.39 is 0 Å².